The summed E-state index contributed by atoms with van der Waals surface area (Å²) in [5.74, 6) is -0.0966. The largest absolute Gasteiger partial charge is 0.483 e. The summed E-state index contributed by atoms with van der Waals surface area (Å²) in [7, 11) is 0. The lowest BCUT2D eigenvalue weighted by molar-refractivity contribution is -0.123. The zero-order valence-corrected chi connectivity index (χ0v) is 16.1. The fraction of sp³-hybridized carbons (Fsp3) is 0.217. The van der Waals surface area contributed by atoms with E-state index in [9.17, 15) is 9.59 Å². The molecule has 0 aliphatic heterocycles. The molecule has 0 radical (unpaired) electrons. The molecular weight excluding hydrogens is 352 g/mol. The van der Waals surface area contributed by atoms with E-state index in [0.29, 0.717) is 17.9 Å². The maximum absolute atomic E-state index is 13.0. The molecule has 0 bridgehead atoms. The minimum Gasteiger partial charge on any atom is -0.483 e. The Morgan fingerprint density at radius 1 is 0.964 bits per heavy atom. The van der Waals surface area contributed by atoms with Gasteiger partial charge in [-0.15, -0.1) is 0 Å². The van der Waals surface area contributed by atoms with Gasteiger partial charge < -0.3 is 15.4 Å². The number of anilines is 1. The molecule has 5 nitrogen and oxygen atoms in total. The van der Waals surface area contributed by atoms with Gasteiger partial charge in [0, 0.05) is 12.2 Å². The molecule has 2 amide bonds. The first kappa shape index (κ1) is 19.4. The summed E-state index contributed by atoms with van der Waals surface area (Å²) in [6, 6.07) is 18.9. The van der Waals surface area contributed by atoms with Crippen molar-refractivity contribution in [2.24, 2.45) is 0 Å². The lowest BCUT2D eigenvalue weighted by Crippen LogP contribution is -2.29. The molecule has 0 aromatic heterocycles. The summed E-state index contributed by atoms with van der Waals surface area (Å²) >= 11 is 0. The van der Waals surface area contributed by atoms with Gasteiger partial charge in [0.15, 0.2) is 6.61 Å². The van der Waals surface area contributed by atoms with Crippen molar-refractivity contribution in [3.8, 4) is 5.75 Å². The number of amides is 2. The van der Waals surface area contributed by atoms with Gasteiger partial charge in [-0.05, 0) is 47.9 Å². The third-order valence-corrected chi connectivity index (χ3v) is 4.42. The molecule has 28 heavy (non-hydrogen) atoms. The van der Waals surface area contributed by atoms with Crippen molar-refractivity contribution in [3.05, 3.63) is 71.8 Å². The Balaban J connectivity index is 1.89. The van der Waals surface area contributed by atoms with E-state index in [1.165, 1.54) is 0 Å². The van der Waals surface area contributed by atoms with Gasteiger partial charge in [0.1, 0.15) is 5.75 Å². The molecule has 0 aliphatic rings. The zero-order chi connectivity index (χ0) is 19.9. The number of fused-ring (bicyclic) bond motifs is 1. The Bertz CT molecular complexity index is 998. The second kappa shape index (κ2) is 9.04. The van der Waals surface area contributed by atoms with Crippen molar-refractivity contribution in [2.75, 3.05) is 18.5 Å². The molecule has 0 unspecified atom stereocenters. The molecule has 0 spiro atoms. The van der Waals surface area contributed by atoms with Crippen LogP contribution < -0.4 is 15.4 Å². The number of carbonyl (C=O) groups excluding carboxylic acids is 2. The molecule has 0 saturated carbocycles. The quantitative estimate of drug-likeness (QED) is 0.646. The van der Waals surface area contributed by atoms with E-state index >= 15 is 0 Å². The molecule has 3 rings (SSSR count). The van der Waals surface area contributed by atoms with Gasteiger partial charge in [0.2, 0.25) is 0 Å². The highest BCUT2D eigenvalue weighted by Gasteiger charge is 2.16. The first-order valence-corrected chi connectivity index (χ1v) is 9.37. The first-order chi connectivity index (χ1) is 13.6. The SMILES string of the molecule is CCCNC(=O)COc1cc2ccccc2cc1C(=O)Nc1ccccc1C. The number of ether oxygens (including phenoxy) is 1. The first-order valence-electron chi connectivity index (χ1n) is 9.37. The van der Waals surface area contributed by atoms with Crippen molar-refractivity contribution in [2.45, 2.75) is 20.3 Å². The Kier molecular flexibility index (Phi) is 6.27. The van der Waals surface area contributed by atoms with E-state index in [0.717, 1.165) is 28.4 Å². The van der Waals surface area contributed by atoms with Crippen LogP contribution in [0.3, 0.4) is 0 Å². The van der Waals surface area contributed by atoms with Gasteiger partial charge in [-0.1, -0.05) is 49.4 Å². The standard InChI is InChI=1S/C23H24N2O3/c1-3-12-24-22(26)15-28-21-14-18-10-6-5-9-17(18)13-19(21)23(27)25-20-11-7-4-8-16(20)2/h4-11,13-14H,3,12,15H2,1-2H3,(H,24,26)(H,25,27). The van der Waals surface area contributed by atoms with Gasteiger partial charge >= 0.3 is 0 Å². The zero-order valence-electron chi connectivity index (χ0n) is 16.1. The maximum Gasteiger partial charge on any atom is 0.259 e. The topological polar surface area (TPSA) is 67.4 Å². The van der Waals surface area contributed by atoms with Gasteiger partial charge in [-0.25, -0.2) is 0 Å². The molecular formula is C23H24N2O3. The summed E-state index contributed by atoms with van der Waals surface area (Å²) in [6.45, 7) is 4.38. The minimum atomic E-state index is -0.274. The molecule has 0 aliphatic carbocycles. The highest BCUT2D eigenvalue weighted by molar-refractivity contribution is 6.09. The summed E-state index contributed by atoms with van der Waals surface area (Å²) in [6.07, 6.45) is 0.853. The van der Waals surface area contributed by atoms with Crippen LogP contribution in [0.4, 0.5) is 5.69 Å². The Hall–Kier alpha value is -3.34. The van der Waals surface area contributed by atoms with Crippen LogP contribution in [0.15, 0.2) is 60.7 Å². The van der Waals surface area contributed by atoms with Crippen LogP contribution in [0.1, 0.15) is 29.3 Å². The maximum atomic E-state index is 13.0. The third-order valence-electron chi connectivity index (χ3n) is 4.42. The lowest BCUT2D eigenvalue weighted by Gasteiger charge is -2.14. The number of carbonyl (C=O) groups is 2. The number of rotatable bonds is 7. The smallest absolute Gasteiger partial charge is 0.259 e. The number of aryl methyl sites for hydroxylation is 1. The fourth-order valence-corrected chi connectivity index (χ4v) is 2.88. The Labute approximate surface area is 164 Å². The van der Waals surface area contributed by atoms with Crippen molar-refractivity contribution in [3.63, 3.8) is 0 Å². The summed E-state index contributed by atoms with van der Waals surface area (Å²) in [5, 5.41) is 7.58. The normalized spacial score (nSPS) is 10.5. The molecule has 0 saturated heterocycles. The average molecular weight is 376 g/mol. The van der Waals surface area contributed by atoms with Crippen LogP contribution in [-0.2, 0) is 4.79 Å². The number of benzene rings is 3. The van der Waals surface area contributed by atoms with Gasteiger partial charge in [0.05, 0.1) is 5.56 Å². The minimum absolute atomic E-state index is 0.136. The van der Waals surface area contributed by atoms with Crippen molar-refractivity contribution in [1.29, 1.82) is 0 Å². The molecule has 0 heterocycles. The fourth-order valence-electron chi connectivity index (χ4n) is 2.88. The van der Waals surface area contributed by atoms with Crippen LogP contribution in [-0.4, -0.2) is 25.0 Å². The number of hydrogen-bond acceptors (Lipinski definition) is 3. The van der Waals surface area contributed by atoms with E-state index < -0.39 is 0 Å². The van der Waals surface area contributed by atoms with Crippen molar-refractivity contribution in [1.82, 2.24) is 5.32 Å². The van der Waals surface area contributed by atoms with E-state index in [-0.39, 0.29) is 18.4 Å². The monoisotopic (exact) mass is 376 g/mol. The molecule has 144 valence electrons. The van der Waals surface area contributed by atoms with Crippen molar-refractivity contribution < 1.29 is 14.3 Å². The van der Waals surface area contributed by atoms with Crippen LogP contribution in [0.5, 0.6) is 5.75 Å². The Morgan fingerprint density at radius 3 is 2.36 bits per heavy atom. The van der Waals surface area contributed by atoms with E-state index in [2.05, 4.69) is 10.6 Å². The number of hydrogen-bond donors (Lipinski definition) is 2. The number of nitrogens with one attached hydrogen (secondary N) is 2. The van der Waals surface area contributed by atoms with Crippen LogP contribution >= 0.6 is 0 Å². The predicted octanol–water partition coefficient (Wildman–Crippen LogP) is 4.31. The second-order valence-electron chi connectivity index (χ2n) is 6.60. The van der Waals surface area contributed by atoms with Crippen molar-refractivity contribution >= 4 is 28.3 Å². The average Bonchev–Trinajstić information content (AvgIpc) is 2.71. The summed E-state index contributed by atoms with van der Waals surface area (Å²) in [5.41, 5.74) is 2.11. The van der Waals surface area contributed by atoms with E-state index in [1.807, 2.05) is 62.4 Å². The molecule has 0 atom stereocenters. The summed E-state index contributed by atoms with van der Waals surface area (Å²) < 4.78 is 5.72. The highest BCUT2D eigenvalue weighted by atomic mass is 16.5. The van der Waals surface area contributed by atoms with Gasteiger partial charge in [-0.2, -0.15) is 0 Å². The van der Waals surface area contributed by atoms with Gasteiger partial charge in [-0.3, -0.25) is 9.59 Å². The Morgan fingerprint density at radius 2 is 1.64 bits per heavy atom. The molecule has 3 aromatic carbocycles. The third kappa shape index (κ3) is 4.68. The van der Waals surface area contributed by atoms with E-state index in [1.54, 1.807) is 12.1 Å². The molecule has 0 fully saturated rings. The van der Waals surface area contributed by atoms with Crippen LogP contribution in [0.2, 0.25) is 0 Å². The van der Waals surface area contributed by atoms with Gasteiger partial charge in [0.25, 0.3) is 11.8 Å². The van der Waals surface area contributed by atoms with E-state index in [4.69, 9.17) is 4.74 Å². The second-order valence-corrected chi connectivity index (χ2v) is 6.60. The van der Waals surface area contributed by atoms with Crippen LogP contribution in [0, 0.1) is 6.92 Å². The number of para-hydroxylation sites is 1. The predicted molar refractivity (Wildman–Crippen MR) is 112 cm³/mol. The highest BCUT2D eigenvalue weighted by Crippen LogP contribution is 2.27. The lowest BCUT2D eigenvalue weighted by atomic mass is 10.0. The molecule has 2 N–H and O–H groups in total. The molecule has 3 aromatic rings. The molecule has 5 heteroatoms. The van der Waals surface area contributed by atoms with Crippen LogP contribution in [0.25, 0.3) is 10.8 Å². The summed E-state index contributed by atoms with van der Waals surface area (Å²) in [4.78, 5) is 24.9.